The summed E-state index contributed by atoms with van der Waals surface area (Å²) in [6.45, 7) is 0.562. The highest BCUT2D eigenvalue weighted by Crippen LogP contribution is 2.20. The van der Waals surface area contributed by atoms with Crippen molar-refractivity contribution < 1.29 is 9.90 Å². The Labute approximate surface area is 116 Å². The van der Waals surface area contributed by atoms with E-state index in [4.69, 9.17) is 16.7 Å². The van der Waals surface area contributed by atoms with Crippen LogP contribution in [-0.2, 0) is 6.54 Å². The summed E-state index contributed by atoms with van der Waals surface area (Å²) in [7, 11) is 1.82. The van der Waals surface area contributed by atoms with E-state index in [0.717, 1.165) is 5.56 Å². The monoisotopic (exact) mass is 276 g/mol. The molecule has 0 fully saturated rings. The van der Waals surface area contributed by atoms with Crippen LogP contribution in [0.15, 0.2) is 42.7 Å². The van der Waals surface area contributed by atoms with Crippen LogP contribution in [0.3, 0.4) is 0 Å². The normalized spacial score (nSPS) is 10.2. The zero-order valence-electron chi connectivity index (χ0n) is 10.4. The summed E-state index contributed by atoms with van der Waals surface area (Å²) in [5.74, 6) is -0.963. The fraction of sp³-hybridized carbons (Fsp3) is 0.143. The summed E-state index contributed by atoms with van der Waals surface area (Å²) in [6, 6.07) is 8.96. The highest BCUT2D eigenvalue weighted by atomic mass is 35.5. The van der Waals surface area contributed by atoms with Crippen molar-refractivity contribution in [1.29, 1.82) is 0 Å². The fourth-order valence-electron chi connectivity index (χ4n) is 1.87. The maximum absolute atomic E-state index is 11.2. The molecular weight excluding hydrogens is 264 g/mol. The summed E-state index contributed by atoms with van der Waals surface area (Å²) in [4.78, 5) is 17.0. The molecule has 2 rings (SSSR count). The SMILES string of the molecule is CN(Cc1cccc(Cl)c1)c1cnccc1C(=O)O. The number of nitrogens with zero attached hydrogens (tertiary/aromatic N) is 2. The van der Waals surface area contributed by atoms with Crippen LogP contribution in [0.5, 0.6) is 0 Å². The van der Waals surface area contributed by atoms with E-state index < -0.39 is 5.97 Å². The molecule has 1 aromatic carbocycles. The Morgan fingerprint density at radius 3 is 2.89 bits per heavy atom. The summed E-state index contributed by atoms with van der Waals surface area (Å²) in [6.07, 6.45) is 3.02. The lowest BCUT2D eigenvalue weighted by Crippen LogP contribution is -2.19. The van der Waals surface area contributed by atoms with Gasteiger partial charge in [-0.3, -0.25) is 4.98 Å². The third kappa shape index (κ3) is 3.23. The van der Waals surface area contributed by atoms with E-state index in [1.165, 1.54) is 12.3 Å². The average Bonchev–Trinajstić information content (AvgIpc) is 2.38. The minimum atomic E-state index is -0.963. The van der Waals surface area contributed by atoms with Crippen molar-refractivity contribution in [1.82, 2.24) is 4.98 Å². The van der Waals surface area contributed by atoms with Gasteiger partial charge in [0.2, 0.25) is 0 Å². The average molecular weight is 277 g/mol. The van der Waals surface area contributed by atoms with Crippen LogP contribution in [-0.4, -0.2) is 23.1 Å². The number of aromatic carboxylic acids is 1. The quantitative estimate of drug-likeness (QED) is 0.932. The molecule has 0 bridgehead atoms. The van der Waals surface area contributed by atoms with Gasteiger partial charge in [-0.2, -0.15) is 0 Å². The van der Waals surface area contributed by atoms with Gasteiger partial charge in [-0.1, -0.05) is 23.7 Å². The minimum Gasteiger partial charge on any atom is -0.478 e. The first-order valence-corrected chi connectivity index (χ1v) is 6.08. The zero-order chi connectivity index (χ0) is 13.8. The van der Waals surface area contributed by atoms with E-state index in [1.54, 1.807) is 12.3 Å². The molecule has 0 radical (unpaired) electrons. The smallest absolute Gasteiger partial charge is 0.337 e. The number of anilines is 1. The third-order valence-electron chi connectivity index (χ3n) is 2.75. The summed E-state index contributed by atoms with van der Waals surface area (Å²) < 4.78 is 0. The summed E-state index contributed by atoms with van der Waals surface area (Å²) >= 11 is 5.93. The van der Waals surface area contributed by atoms with Crippen molar-refractivity contribution in [3.63, 3.8) is 0 Å². The van der Waals surface area contributed by atoms with Crippen LogP contribution in [0.25, 0.3) is 0 Å². The highest BCUT2D eigenvalue weighted by molar-refractivity contribution is 6.30. The molecule has 0 aliphatic carbocycles. The molecule has 0 aliphatic rings. The Kier molecular flexibility index (Phi) is 4.02. The molecule has 1 N–H and O–H groups in total. The highest BCUT2D eigenvalue weighted by Gasteiger charge is 2.13. The van der Waals surface area contributed by atoms with Crippen molar-refractivity contribution in [3.05, 3.63) is 58.9 Å². The third-order valence-corrected chi connectivity index (χ3v) is 2.99. The van der Waals surface area contributed by atoms with Gasteiger partial charge >= 0.3 is 5.97 Å². The van der Waals surface area contributed by atoms with Crippen molar-refractivity contribution in [3.8, 4) is 0 Å². The molecule has 0 atom stereocenters. The number of hydrogen-bond donors (Lipinski definition) is 1. The maximum Gasteiger partial charge on any atom is 0.337 e. The number of carboxylic acid groups (broad SMARTS) is 1. The Morgan fingerprint density at radius 2 is 2.21 bits per heavy atom. The lowest BCUT2D eigenvalue weighted by atomic mass is 10.1. The lowest BCUT2D eigenvalue weighted by Gasteiger charge is -2.20. The van der Waals surface area contributed by atoms with Gasteiger partial charge in [0.05, 0.1) is 17.4 Å². The van der Waals surface area contributed by atoms with Gasteiger partial charge in [0.25, 0.3) is 0 Å². The molecule has 2 aromatic rings. The van der Waals surface area contributed by atoms with Crippen LogP contribution >= 0.6 is 11.6 Å². The van der Waals surface area contributed by atoms with Crippen molar-refractivity contribution in [2.24, 2.45) is 0 Å². The molecule has 0 saturated heterocycles. The predicted molar refractivity (Wildman–Crippen MR) is 74.8 cm³/mol. The van der Waals surface area contributed by atoms with E-state index >= 15 is 0 Å². The number of aromatic nitrogens is 1. The zero-order valence-corrected chi connectivity index (χ0v) is 11.1. The van der Waals surface area contributed by atoms with Gasteiger partial charge in [0.15, 0.2) is 0 Å². The summed E-state index contributed by atoms with van der Waals surface area (Å²) in [5.41, 5.74) is 1.82. The van der Waals surface area contributed by atoms with Crippen LogP contribution in [0.1, 0.15) is 15.9 Å². The van der Waals surface area contributed by atoms with E-state index in [2.05, 4.69) is 4.98 Å². The predicted octanol–water partition coefficient (Wildman–Crippen LogP) is 3.07. The maximum atomic E-state index is 11.2. The number of rotatable bonds is 4. The molecule has 0 amide bonds. The van der Waals surface area contributed by atoms with Crippen molar-refractivity contribution >= 4 is 23.3 Å². The summed E-state index contributed by atoms with van der Waals surface area (Å²) in [5, 5.41) is 9.81. The van der Waals surface area contributed by atoms with Gasteiger partial charge in [-0.05, 0) is 23.8 Å². The van der Waals surface area contributed by atoms with Crippen LogP contribution in [0.2, 0.25) is 5.02 Å². The number of carboxylic acids is 1. The molecule has 19 heavy (non-hydrogen) atoms. The van der Waals surface area contributed by atoms with Gasteiger partial charge < -0.3 is 10.0 Å². The standard InChI is InChI=1S/C14H13ClN2O2/c1-17(9-10-3-2-4-11(15)7-10)13-8-16-6-5-12(13)14(18)19/h2-8H,9H2,1H3,(H,18,19). The Morgan fingerprint density at radius 1 is 1.42 bits per heavy atom. The van der Waals surface area contributed by atoms with E-state index in [9.17, 15) is 4.79 Å². The first-order valence-electron chi connectivity index (χ1n) is 5.71. The molecule has 0 spiro atoms. The molecule has 98 valence electrons. The second-order valence-corrected chi connectivity index (χ2v) is 4.62. The van der Waals surface area contributed by atoms with Gasteiger partial charge in [0.1, 0.15) is 0 Å². The Hall–Kier alpha value is -2.07. The Balaban J connectivity index is 2.25. The number of carbonyl (C=O) groups is 1. The van der Waals surface area contributed by atoms with Crippen LogP contribution in [0, 0.1) is 0 Å². The van der Waals surface area contributed by atoms with E-state index in [-0.39, 0.29) is 5.56 Å². The number of pyridine rings is 1. The topological polar surface area (TPSA) is 53.4 Å². The molecular formula is C14H13ClN2O2. The Bertz CT molecular complexity index is 602. The number of benzene rings is 1. The molecule has 1 heterocycles. The van der Waals surface area contributed by atoms with Crippen molar-refractivity contribution in [2.45, 2.75) is 6.54 Å². The molecule has 1 aromatic heterocycles. The minimum absolute atomic E-state index is 0.236. The molecule has 4 nitrogen and oxygen atoms in total. The molecule has 5 heteroatoms. The lowest BCUT2D eigenvalue weighted by molar-refractivity contribution is 0.0697. The van der Waals surface area contributed by atoms with Gasteiger partial charge in [0, 0.05) is 24.8 Å². The fourth-order valence-corrected chi connectivity index (χ4v) is 2.08. The van der Waals surface area contributed by atoms with Gasteiger partial charge in [-0.25, -0.2) is 4.79 Å². The first kappa shape index (κ1) is 13.4. The van der Waals surface area contributed by atoms with Crippen LogP contribution in [0.4, 0.5) is 5.69 Å². The molecule has 0 unspecified atom stereocenters. The molecule has 0 saturated carbocycles. The molecule has 0 aliphatic heterocycles. The van der Waals surface area contributed by atoms with Crippen LogP contribution < -0.4 is 4.90 Å². The second-order valence-electron chi connectivity index (χ2n) is 4.18. The van der Waals surface area contributed by atoms with Crippen molar-refractivity contribution in [2.75, 3.05) is 11.9 Å². The van der Waals surface area contributed by atoms with E-state index in [0.29, 0.717) is 17.3 Å². The van der Waals surface area contributed by atoms with E-state index in [1.807, 2.05) is 30.1 Å². The number of halogens is 1. The second kappa shape index (κ2) is 5.71. The van der Waals surface area contributed by atoms with Gasteiger partial charge in [-0.15, -0.1) is 0 Å². The number of hydrogen-bond acceptors (Lipinski definition) is 3. The first-order chi connectivity index (χ1) is 9.08. The largest absolute Gasteiger partial charge is 0.478 e.